The lowest BCUT2D eigenvalue weighted by atomic mass is 10.2. The lowest BCUT2D eigenvalue weighted by Gasteiger charge is -2.13. The molecule has 1 aromatic heterocycles. The van der Waals surface area contributed by atoms with Gasteiger partial charge < -0.3 is 19.3 Å². The van der Waals surface area contributed by atoms with Crippen LogP contribution in [0, 0.1) is 13.8 Å². The first-order chi connectivity index (χ1) is 16.1. The van der Waals surface area contributed by atoms with Crippen molar-refractivity contribution >= 4 is 33.6 Å². The van der Waals surface area contributed by atoms with Gasteiger partial charge in [0.25, 0.3) is 10.0 Å². The van der Waals surface area contributed by atoms with Crippen LogP contribution in [0.15, 0.2) is 58.0 Å². The average Bonchev–Trinajstić information content (AvgIpc) is 3.10. The summed E-state index contributed by atoms with van der Waals surface area (Å²) in [7, 11) is -2.31. The van der Waals surface area contributed by atoms with E-state index in [9.17, 15) is 13.2 Å². The predicted molar refractivity (Wildman–Crippen MR) is 130 cm³/mol. The van der Waals surface area contributed by atoms with Gasteiger partial charge in [0, 0.05) is 17.3 Å². The fraction of sp³-hybridized carbons (Fsp3) is 0.250. The number of anilines is 2. The van der Waals surface area contributed by atoms with Crippen LogP contribution < -0.4 is 19.5 Å². The minimum atomic E-state index is -3.86. The molecular weight excluding hydrogens is 458 g/mol. The van der Waals surface area contributed by atoms with Gasteiger partial charge in [-0.15, -0.1) is 0 Å². The first-order valence-electron chi connectivity index (χ1n) is 10.5. The number of amides is 1. The van der Waals surface area contributed by atoms with Crippen molar-refractivity contribution in [3.63, 3.8) is 0 Å². The molecule has 1 heterocycles. The van der Waals surface area contributed by atoms with Crippen LogP contribution in [-0.2, 0) is 14.8 Å². The Morgan fingerprint density at radius 2 is 1.79 bits per heavy atom. The summed E-state index contributed by atoms with van der Waals surface area (Å²) < 4.78 is 43.6. The van der Waals surface area contributed by atoms with Crippen molar-refractivity contribution < 1.29 is 27.2 Å². The molecule has 34 heavy (non-hydrogen) atoms. The topological polar surface area (TPSA) is 120 Å². The maximum atomic E-state index is 12.6. The highest BCUT2D eigenvalue weighted by atomic mass is 32.2. The zero-order valence-corrected chi connectivity index (χ0v) is 20.4. The summed E-state index contributed by atoms with van der Waals surface area (Å²) in [6.07, 6.45) is 3.02. The molecule has 3 aromatic rings. The van der Waals surface area contributed by atoms with E-state index in [1.54, 1.807) is 39.2 Å². The highest BCUT2D eigenvalue weighted by molar-refractivity contribution is 7.92. The number of nitrogens with zero attached hydrogens (tertiary/aromatic N) is 1. The number of hydrogen-bond acceptors (Lipinski definition) is 7. The zero-order chi connectivity index (χ0) is 24.9. The molecule has 0 aliphatic carbocycles. The molecule has 0 atom stereocenters. The third kappa shape index (κ3) is 6.16. The van der Waals surface area contributed by atoms with E-state index in [2.05, 4.69) is 15.2 Å². The molecule has 180 valence electrons. The average molecular weight is 486 g/mol. The Bertz CT molecular complexity index is 1290. The number of sulfonamides is 1. The van der Waals surface area contributed by atoms with E-state index in [-0.39, 0.29) is 22.8 Å². The van der Waals surface area contributed by atoms with Crippen molar-refractivity contribution in [1.29, 1.82) is 0 Å². The number of benzene rings is 2. The number of methoxy groups -OCH3 is 1. The van der Waals surface area contributed by atoms with E-state index in [0.29, 0.717) is 28.4 Å². The molecule has 0 unspecified atom stereocenters. The van der Waals surface area contributed by atoms with Gasteiger partial charge in [0.15, 0.2) is 11.5 Å². The Morgan fingerprint density at radius 3 is 2.38 bits per heavy atom. The Kier molecular flexibility index (Phi) is 7.62. The SMILES string of the molecule is COc1cc(/C=C/C(=O)Nc2ccc(S(=O)(=O)Nc3onc(C)c3C)cc2)ccc1OC(C)C. The van der Waals surface area contributed by atoms with Crippen LogP contribution in [0.4, 0.5) is 11.6 Å². The first-order valence-corrected chi connectivity index (χ1v) is 12.0. The monoisotopic (exact) mass is 485 g/mol. The second-order valence-electron chi connectivity index (χ2n) is 7.75. The van der Waals surface area contributed by atoms with Crippen LogP contribution in [0.25, 0.3) is 6.08 Å². The van der Waals surface area contributed by atoms with Gasteiger partial charge in [-0.25, -0.2) is 13.1 Å². The van der Waals surface area contributed by atoms with Gasteiger partial charge >= 0.3 is 0 Å². The number of hydrogen-bond donors (Lipinski definition) is 2. The number of aromatic nitrogens is 1. The molecule has 1 amide bonds. The molecule has 0 aliphatic rings. The van der Waals surface area contributed by atoms with Gasteiger partial charge in [0.2, 0.25) is 11.8 Å². The minimum absolute atomic E-state index is 0.00804. The van der Waals surface area contributed by atoms with Crippen LogP contribution in [0.1, 0.15) is 30.7 Å². The Morgan fingerprint density at radius 1 is 1.09 bits per heavy atom. The molecule has 0 spiro atoms. The number of nitrogens with one attached hydrogen (secondary N) is 2. The third-order valence-corrected chi connectivity index (χ3v) is 6.14. The summed E-state index contributed by atoms with van der Waals surface area (Å²) in [5.74, 6) is 0.887. The van der Waals surface area contributed by atoms with Crippen LogP contribution in [-0.4, -0.2) is 32.7 Å². The quantitative estimate of drug-likeness (QED) is 0.427. The maximum absolute atomic E-state index is 12.6. The summed E-state index contributed by atoms with van der Waals surface area (Å²) in [5.41, 5.74) is 2.41. The smallest absolute Gasteiger partial charge is 0.264 e. The van der Waals surface area contributed by atoms with Crippen molar-refractivity contribution in [3.8, 4) is 11.5 Å². The van der Waals surface area contributed by atoms with Crippen molar-refractivity contribution in [2.75, 3.05) is 17.1 Å². The summed E-state index contributed by atoms with van der Waals surface area (Å²) in [4.78, 5) is 12.3. The Labute approximate surface area is 198 Å². The predicted octanol–water partition coefficient (Wildman–Crippen LogP) is 4.54. The molecular formula is C24H27N3O6S. The van der Waals surface area contributed by atoms with Crippen molar-refractivity contribution in [2.45, 2.75) is 38.7 Å². The highest BCUT2D eigenvalue weighted by Gasteiger charge is 2.19. The van der Waals surface area contributed by atoms with E-state index in [1.807, 2.05) is 19.9 Å². The van der Waals surface area contributed by atoms with Gasteiger partial charge in [0.05, 0.1) is 23.8 Å². The summed E-state index contributed by atoms with van der Waals surface area (Å²) in [5, 5.41) is 6.43. The molecule has 0 bridgehead atoms. The maximum Gasteiger partial charge on any atom is 0.264 e. The number of carbonyl (C=O) groups is 1. The molecule has 0 aliphatic heterocycles. The van der Waals surface area contributed by atoms with Gasteiger partial charge in [0.1, 0.15) is 0 Å². The number of rotatable bonds is 9. The number of aryl methyl sites for hydroxylation is 1. The molecule has 10 heteroatoms. The van der Waals surface area contributed by atoms with Crippen LogP contribution in [0.2, 0.25) is 0 Å². The van der Waals surface area contributed by atoms with E-state index in [0.717, 1.165) is 5.56 Å². The standard InChI is InChI=1S/C24H27N3O6S/c1-15(2)32-21-12-6-18(14-22(21)31-5)7-13-23(28)25-19-8-10-20(11-9-19)34(29,30)27-24-16(3)17(4)26-33-24/h6-15,27H,1-5H3,(H,25,28)/b13-7+. The highest BCUT2D eigenvalue weighted by Crippen LogP contribution is 2.29. The lowest BCUT2D eigenvalue weighted by molar-refractivity contribution is -0.111. The van der Waals surface area contributed by atoms with E-state index in [4.69, 9.17) is 14.0 Å². The molecule has 2 aromatic carbocycles. The molecule has 0 saturated carbocycles. The molecule has 2 N–H and O–H groups in total. The van der Waals surface area contributed by atoms with Gasteiger partial charge in [-0.1, -0.05) is 11.2 Å². The zero-order valence-electron chi connectivity index (χ0n) is 19.6. The van der Waals surface area contributed by atoms with Crippen LogP contribution in [0.5, 0.6) is 11.5 Å². The second kappa shape index (κ2) is 10.4. The fourth-order valence-electron chi connectivity index (χ4n) is 2.90. The summed E-state index contributed by atoms with van der Waals surface area (Å²) >= 11 is 0. The van der Waals surface area contributed by atoms with E-state index >= 15 is 0 Å². The Balaban J connectivity index is 1.64. The van der Waals surface area contributed by atoms with Crippen molar-refractivity contribution in [3.05, 3.63) is 65.4 Å². The first kappa shape index (κ1) is 24.8. The normalized spacial score (nSPS) is 11.6. The third-order valence-electron chi connectivity index (χ3n) is 4.79. The lowest BCUT2D eigenvalue weighted by Crippen LogP contribution is -2.13. The van der Waals surface area contributed by atoms with Crippen molar-refractivity contribution in [2.24, 2.45) is 0 Å². The Hall–Kier alpha value is -3.79. The van der Waals surface area contributed by atoms with Crippen LogP contribution >= 0.6 is 0 Å². The van der Waals surface area contributed by atoms with Gasteiger partial charge in [-0.3, -0.25) is 4.79 Å². The molecule has 0 radical (unpaired) electrons. The molecule has 0 fully saturated rings. The van der Waals surface area contributed by atoms with Gasteiger partial charge in [-0.2, -0.15) is 0 Å². The van der Waals surface area contributed by atoms with E-state index in [1.165, 1.54) is 30.3 Å². The summed E-state index contributed by atoms with van der Waals surface area (Å²) in [6.45, 7) is 7.28. The number of ether oxygens (including phenoxy) is 2. The fourth-order valence-corrected chi connectivity index (χ4v) is 3.95. The molecule has 0 saturated heterocycles. The van der Waals surface area contributed by atoms with E-state index < -0.39 is 10.0 Å². The van der Waals surface area contributed by atoms with Crippen LogP contribution in [0.3, 0.4) is 0 Å². The second-order valence-corrected chi connectivity index (χ2v) is 9.43. The molecule has 3 rings (SSSR count). The summed E-state index contributed by atoms with van der Waals surface area (Å²) in [6, 6.07) is 11.1. The number of carbonyl (C=O) groups excluding carboxylic acids is 1. The molecule has 9 nitrogen and oxygen atoms in total. The minimum Gasteiger partial charge on any atom is -0.493 e. The van der Waals surface area contributed by atoms with Gasteiger partial charge in [-0.05, 0) is 75.7 Å². The van der Waals surface area contributed by atoms with Crippen molar-refractivity contribution in [1.82, 2.24) is 5.16 Å². The largest absolute Gasteiger partial charge is 0.493 e.